The Morgan fingerprint density at radius 2 is 1.43 bits per heavy atom. The predicted molar refractivity (Wildman–Crippen MR) is 108 cm³/mol. The molecule has 3 rings (SSSR count). The van der Waals surface area contributed by atoms with Gasteiger partial charge in [0, 0.05) is 29.3 Å². The first-order valence-electron chi connectivity index (χ1n) is 9.49. The van der Waals surface area contributed by atoms with Crippen molar-refractivity contribution in [3.05, 3.63) is 47.5 Å². The number of methoxy groups -OCH3 is 4. The summed E-state index contributed by atoms with van der Waals surface area (Å²) >= 11 is 0. The maximum atomic E-state index is 6.43. The molecule has 0 amide bonds. The van der Waals surface area contributed by atoms with Gasteiger partial charge in [0.15, 0.2) is 0 Å². The zero-order chi connectivity index (χ0) is 19.9. The molecule has 2 aromatic rings. The molecule has 0 radical (unpaired) electrons. The normalized spacial score (nSPS) is 16.2. The molecular weight excluding hydrogens is 358 g/mol. The van der Waals surface area contributed by atoms with Crippen molar-refractivity contribution in [3.63, 3.8) is 0 Å². The van der Waals surface area contributed by atoms with Crippen molar-refractivity contribution in [2.75, 3.05) is 41.6 Å². The van der Waals surface area contributed by atoms with E-state index < -0.39 is 0 Å². The molecule has 0 aliphatic carbocycles. The van der Waals surface area contributed by atoms with E-state index in [-0.39, 0.29) is 6.10 Å². The average Bonchev–Trinajstić information content (AvgIpc) is 3.27. The third kappa shape index (κ3) is 4.51. The second-order valence-electron chi connectivity index (χ2n) is 6.72. The number of benzene rings is 2. The van der Waals surface area contributed by atoms with Crippen LogP contribution in [0.25, 0.3) is 0 Å². The highest BCUT2D eigenvalue weighted by Gasteiger charge is 2.25. The molecule has 1 aliphatic rings. The summed E-state index contributed by atoms with van der Waals surface area (Å²) in [4.78, 5) is 0. The number of nitrogens with one attached hydrogen (secondary N) is 1. The van der Waals surface area contributed by atoms with Gasteiger partial charge in [-0.2, -0.15) is 0 Å². The lowest BCUT2D eigenvalue weighted by atomic mass is 9.98. The Bertz CT molecular complexity index is 718. The third-order valence-electron chi connectivity index (χ3n) is 5.07. The van der Waals surface area contributed by atoms with Crippen molar-refractivity contribution in [1.82, 2.24) is 5.32 Å². The maximum Gasteiger partial charge on any atom is 0.128 e. The van der Waals surface area contributed by atoms with Crippen LogP contribution >= 0.6 is 0 Å². The van der Waals surface area contributed by atoms with E-state index in [0.29, 0.717) is 24.1 Å². The lowest BCUT2D eigenvalue weighted by molar-refractivity contribution is 0.0627. The molecule has 6 nitrogen and oxygen atoms in total. The molecule has 1 atom stereocenters. The van der Waals surface area contributed by atoms with E-state index in [0.717, 1.165) is 35.6 Å². The van der Waals surface area contributed by atoms with Gasteiger partial charge < -0.3 is 29.0 Å². The molecular formula is C22H29NO5. The summed E-state index contributed by atoms with van der Waals surface area (Å²) in [7, 11) is 6.58. The first kappa shape index (κ1) is 20.3. The highest BCUT2D eigenvalue weighted by molar-refractivity contribution is 5.50. The molecule has 1 fully saturated rings. The SMILES string of the molecule is COc1ccc(C(OC[C@@H]2CCCN2)c2ccc(OC)cc2OC)c(OC)c1. The Hall–Kier alpha value is -2.44. The van der Waals surface area contributed by atoms with Gasteiger partial charge >= 0.3 is 0 Å². The van der Waals surface area contributed by atoms with Crippen LogP contribution in [0.3, 0.4) is 0 Å². The molecule has 0 aromatic heterocycles. The van der Waals surface area contributed by atoms with E-state index in [9.17, 15) is 0 Å². The first-order chi connectivity index (χ1) is 13.7. The molecule has 1 heterocycles. The van der Waals surface area contributed by atoms with Crippen molar-refractivity contribution in [2.24, 2.45) is 0 Å². The number of ether oxygens (including phenoxy) is 5. The second kappa shape index (κ2) is 9.66. The highest BCUT2D eigenvalue weighted by atomic mass is 16.5. The Balaban J connectivity index is 2.00. The van der Waals surface area contributed by atoms with E-state index >= 15 is 0 Å². The van der Waals surface area contributed by atoms with Gasteiger partial charge in [0.1, 0.15) is 29.1 Å². The molecule has 2 aromatic carbocycles. The van der Waals surface area contributed by atoms with Crippen LogP contribution in [0.2, 0.25) is 0 Å². The fourth-order valence-electron chi connectivity index (χ4n) is 3.53. The van der Waals surface area contributed by atoms with Crippen LogP contribution in [-0.4, -0.2) is 47.6 Å². The second-order valence-corrected chi connectivity index (χ2v) is 6.72. The number of rotatable bonds is 9. The summed E-state index contributed by atoms with van der Waals surface area (Å²) in [6.07, 6.45) is 1.95. The van der Waals surface area contributed by atoms with Crippen LogP contribution in [0.15, 0.2) is 36.4 Å². The molecule has 0 spiro atoms. The van der Waals surface area contributed by atoms with Crippen LogP contribution < -0.4 is 24.3 Å². The van der Waals surface area contributed by atoms with E-state index in [4.69, 9.17) is 23.7 Å². The lowest BCUT2D eigenvalue weighted by Gasteiger charge is -2.25. The zero-order valence-corrected chi connectivity index (χ0v) is 17.0. The van der Waals surface area contributed by atoms with Crippen LogP contribution in [0.1, 0.15) is 30.1 Å². The maximum absolute atomic E-state index is 6.43. The van der Waals surface area contributed by atoms with E-state index in [1.165, 1.54) is 6.42 Å². The Labute approximate surface area is 166 Å². The zero-order valence-electron chi connectivity index (χ0n) is 17.0. The van der Waals surface area contributed by atoms with Crippen LogP contribution in [0, 0.1) is 0 Å². The molecule has 0 saturated carbocycles. The van der Waals surface area contributed by atoms with E-state index in [1.54, 1.807) is 28.4 Å². The lowest BCUT2D eigenvalue weighted by Crippen LogP contribution is -2.28. The minimum Gasteiger partial charge on any atom is -0.497 e. The number of hydrogen-bond donors (Lipinski definition) is 1. The van der Waals surface area contributed by atoms with Gasteiger partial charge in [-0.1, -0.05) is 0 Å². The molecule has 152 valence electrons. The Kier molecular flexibility index (Phi) is 7.01. The standard InChI is InChI=1S/C22H29NO5/c1-24-16-7-9-18(20(12-16)26-3)22(28-14-15-6-5-11-23-15)19-10-8-17(25-2)13-21(19)27-4/h7-10,12-13,15,22-23H,5-6,11,14H2,1-4H3/t15-/m0/s1. The smallest absolute Gasteiger partial charge is 0.128 e. The minimum absolute atomic E-state index is 0.343. The Morgan fingerprint density at radius 3 is 1.86 bits per heavy atom. The van der Waals surface area contributed by atoms with Gasteiger partial charge in [-0.05, 0) is 43.7 Å². The highest BCUT2D eigenvalue weighted by Crippen LogP contribution is 2.40. The molecule has 6 heteroatoms. The van der Waals surface area contributed by atoms with Gasteiger partial charge in [0.05, 0.1) is 35.0 Å². The van der Waals surface area contributed by atoms with Crippen LogP contribution in [0.4, 0.5) is 0 Å². The third-order valence-corrected chi connectivity index (χ3v) is 5.07. The fourth-order valence-corrected chi connectivity index (χ4v) is 3.53. The summed E-state index contributed by atoms with van der Waals surface area (Å²) in [5.74, 6) is 2.89. The largest absolute Gasteiger partial charge is 0.497 e. The molecule has 0 bridgehead atoms. The van der Waals surface area contributed by atoms with Crippen LogP contribution in [0.5, 0.6) is 23.0 Å². The van der Waals surface area contributed by atoms with Gasteiger partial charge in [-0.3, -0.25) is 0 Å². The van der Waals surface area contributed by atoms with Crippen molar-refractivity contribution < 1.29 is 23.7 Å². The minimum atomic E-state index is -0.343. The van der Waals surface area contributed by atoms with Crippen molar-refractivity contribution >= 4 is 0 Å². The monoisotopic (exact) mass is 387 g/mol. The quantitative estimate of drug-likeness (QED) is 0.710. The van der Waals surface area contributed by atoms with Gasteiger partial charge in [-0.25, -0.2) is 0 Å². The fraction of sp³-hybridized carbons (Fsp3) is 0.455. The molecule has 1 N–H and O–H groups in total. The van der Waals surface area contributed by atoms with Crippen LogP contribution in [-0.2, 0) is 4.74 Å². The summed E-state index contributed by atoms with van der Waals surface area (Å²) < 4.78 is 28.4. The average molecular weight is 387 g/mol. The topological polar surface area (TPSA) is 58.2 Å². The van der Waals surface area contributed by atoms with Crippen molar-refractivity contribution in [1.29, 1.82) is 0 Å². The first-order valence-corrected chi connectivity index (χ1v) is 9.49. The number of hydrogen-bond acceptors (Lipinski definition) is 6. The van der Waals surface area contributed by atoms with Gasteiger partial charge in [0.2, 0.25) is 0 Å². The molecule has 0 unspecified atom stereocenters. The van der Waals surface area contributed by atoms with E-state index in [1.807, 2.05) is 36.4 Å². The summed E-state index contributed by atoms with van der Waals surface area (Å²) in [6.45, 7) is 1.64. The summed E-state index contributed by atoms with van der Waals surface area (Å²) in [6, 6.07) is 11.9. The predicted octanol–water partition coefficient (Wildman–Crippen LogP) is 3.58. The van der Waals surface area contributed by atoms with Gasteiger partial charge in [-0.15, -0.1) is 0 Å². The molecule has 1 saturated heterocycles. The summed E-state index contributed by atoms with van der Waals surface area (Å²) in [5, 5.41) is 3.48. The van der Waals surface area contributed by atoms with Crippen molar-refractivity contribution in [3.8, 4) is 23.0 Å². The Morgan fingerprint density at radius 1 is 0.857 bits per heavy atom. The van der Waals surface area contributed by atoms with E-state index in [2.05, 4.69) is 5.32 Å². The molecule has 1 aliphatic heterocycles. The molecule has 28 heavy (non-hydrogen) atoms. The van der Waals surface area contributed by atoms with Gasteiger partial charge in [0.25, 0.3) is 0 Å². The summed E-state index contributed by atoms with van der Waals surface area (Å²) in [5.41, 5.74) is 1.84. The van der Waals surface area contributed by atoms with Crippen molar-refractivity contribution in [2.45, 2.75) is 25.0 Å².